The summed E-state index contributed by atoms with van der Waals surface area (Å²) in [6.45, 7) is 1.23. The molecule has 0 aliphatic rings. The SMILES string of the molecule is Cc1cc(Br)c(NC(=O)COC(=O)c2ccc(S(C)(=O)=O)c([N+](=O)[O-])c2)c(Br)c1. The number of amides is 1. The van der Waals surface area contributed by atoms with Crippen LogP contribution in [0.25, 0.3) is 0 Å². The van der Waals surface area contributed by atoms with Crippen LogP contribution >= 0.6 is 31.9 Å². The number of nitrogens with zero attached hydrogens (tertiary/aromatic N) is 1. The highest BCUT2D eigenvalue weighted by atomic mass is 79.9. The molecule has 2 aromatic rings. The van der Waals surface area contributed by atoms with E-state index in [1.165, 1.54) is 0 Å². The lowest BCUT2D eigenvalue weighted by Crippen LogP contribution is -2.21. The summed E-state index contributed by atoms with van der Waals surface area (Å²) >= 11 is 6.64. The third-order valence-corrected chi connectivity index (χ3v) is 5.97. The van der Waals surface area contributed by atoms with E-state index in [0.29, 0.717) is 14.6 Å². The number of aryl methyl sites for hydroxylation is 1. The molecule has 0 heterocycles. The summed E-state index contributed by atoms with van der Waals surface area (Å²) in [6, 6.07) is 6.40. The zero-order chi connectivity index (χ0) is 21.9. The number of halogens is 2. The lowest BCUT2D eigenvalue weighted by Gasteiger charge is -2.11. The van der Waals surface area contributed by atoms with Crippen LogP contribution < -0.4 is 5.32 Å². The van der Waals surface area contributed by atoms with Crippen molar-refractivity contribution in [2.24, 2.45) is 0 Å². The molecule has 0 spiro atoms. The van der Waals surface area contributed by atoms with Gasteiger partial charge in [-0.2, -0.15) is 0 Å². The normalized spacial score (nSPS) is 11.0. The number of nitro benzene ring substituents is 1. The van der Waals surface area contributed by atoms with Crippen molar-refractivity contribution in [3.05, 3.63) is 60.5 Å². The van der Waals surface area contributed by atoms with Crippen LogP contribution in [0.3, 0.4) is 0 Å². The van der Waals surface area contributed by atoms with E-state index in [1.54, 1.807) is 12.1 Å². The fraction of sp³-hybridized carbons (Fsp3) is 0.176. The molecule has 12 heteroatoms. The Hall–Kier alpha value is -2.31. The predicted octanol–water partition coefficient (Wildman–Crippen LogP) is 3.63. The summed E-state index contributed by atoms with van der Waals surface area (Å²) in [5, 5.41) is 13.7. The van der Waals surface area contributed by atoms with Crippen molar-refractivity contribution >= 4 is 64.9 Å². The minimum Gasteiger partial charge on any atom is -0.452 e. The van der Waals surface area contributed by atoms with E-state index < -0.39 is 43.8 Å². The smallest absolute Gasteiger partial charge is 0.338 e. The second-order valence-corrected chi connectivity index (χ2v) is 9.63. The molecule has 1 amide bonds. The molecular weight excluding hydrogens is 536 g/mol. The van der Waals surface area contributed by atoms with Crippen LogP contribution in [0, 0.1) is 17.0 Å². The molecule has 0 bridgehead atoms. The lowest BCUT2D eigenvalue weighted by atomic mass is 10.2. The number of nitro groups is 1. The van der Waals surface area contributed by atoms with Crippen LogP contribution in [0.5, 0.6) is 0 Å². The molecule has 0 saturated carbocycles. The number of nitrogens with one attached hydrogen (secondary N) is 1. The molecule has 29 heavy (non-hydrogen) atoms. The molecule has 0 saturated heterocycles. The van der Waals surface area contributed by atoms with E-state index >= 15 is 0 Å². The second-order valence-electron chi connectivity index (χ2n) is 5.94. The number of benzene rings is 2. The number of anilines is 1. The predicted molar refractivity (Wildman–Crippen MR) is 112 cm³/mol. The van der Waals surface area contributed by atoms with Gasteiger partial charge in [-0.05, 0) is 68.6 Å². The maximum absolute atomic E-state index is 12.1. The van der Waals surface area contributed by atoms with E-state index in [-0.39, 0.29) is 5.56 Å². The van der Waals surface area contributed by atoms with E-state index in [4.69, 9.17) is 4.74 Å². The van der Waals surface area contributed by atoms with Crippen molar-refractivity contribution in [1.82, 2.24) is 0 Å². The summed E-state index contributed by atoms with van der Waals surface area (Å²) in [7, 11) is -3.86. The van der Waals surface area contributed by atoms with E-state index in [1.807, 2.05) is 6.92 Å². The topological polar surface area (TPSA) is 133 Å². The van der Waals surface area contributed by atoms with Crippen LogP contribution in [0.15, 0.2) is 44.2 Å². The van der Waals surface area contributed by atoms with Gasteiger partial charge in [0.05, 0.1) is 16.2 Å². The highest BCUT2D eigenvalue weighted by Gasteiger charge is 2.24. The first-order valence-electron chi connectivity index (χ1n) is 7.81. The van der Waals surface area contributed by atoms with Gasteiger partial charge in [-0.1, -0.05) is 0 Å². The fourth-order valence-electron chi connectivity index (χ4n) is 2.31. The zero-order valence-electron chi connectivity index (χ0n) is 15.1. The van der Waals surface area contributed by atoms with Crippen LogP contribution in [0.2, 0.25) is 0 Å². The molecule has 2 rings (SSSR count). The van der Waals surface area contributed by atoms with Gasteiger partial charge in [0.2, 0.25) is 0 Å². The number of esters is 1. The van der Waals surface area contributed by atoms with Crippen molar-refractivity contribution in [1.29, 1.82) is 0 Å². The van der Waals surface area contributed by atoms with Crippen molar-refractivity contribution < 1.29 is 27.7 Å². The number of hydrogen-bond acceptors (Lipinski definition) is 7. The molecule has 0 radical (unpaired) electrons. The Labute approximate surface area is 182 Å². The van der Waals surface area contributed by atoms with Gasteiger partial charge >= 0.3 is 5.97 Å². The van der Waals surface area contributed by atoms with Crippen molar-refractivity contribution in [2.75, 3.05) is 18.2 Å². The quantitative estimate of drug-likeness (QED) is 0.330. The zero-order valence-corrected chi connectivity index (χ0v) is 19.1. The molecule has 2 aromatic carbocycles. The molecule has 0 atom stereocenters. The Morgan fingerprint density at radius 2 is 1.76 bits per heavy atom. The van der Waals surface area contributed by atoms with E-state index in [2.05, 4.69) is 37.2 Å². The molecule has 0 aliphatic heterocycles. The third-order valence-electron chi connectivity index (χ3n) is 3.58. The number of carbonyl (C=O) groups excluding carboxylic acids is 2. The second kappa shape index (κ2) is 9.01. The monoisotopic (exact) mass is 548 g/mol. The molecule has 1 N–H and O–H groups in total. The van der Waals surface area contributed by atoms with Crippen LogP contribution in [-0.4, -0.2) is 38.1 Å². The van der Waals surface area contributed by atoms with Gasteiger partial charge in [0.25, 0.3) is 11.6 Å². The highest BCUT2D eigenvalue weighted by Crippen LogP contribution is 2.32. The molecule has 154 valence electrons. The molecule has 9 nitrogen and oxygen atoms in total. The Morgan fingerprint density at radius 3 is 2.28 bits per heavy atom. The summed E-state index contributed by atoms with van der Waals surface area (Å²) in [5.41, 5.74) is 0.394. The largest absolute Gasteiger partial charge is 0.452 e. The third kappa shape index (κ3) is 5.84. The van der Waals surface area contributed by atoms with Gasteiger partial charge in [-0.15, -0.1) is 0 Å². The van der Waals surface area contributed by atoms with Crippen LogP contribution in [0.4, 0.5) is 11.4 Å². The average Bonchev–Trinajstić information content (AvgIpc) is 2.61. The van der Waals surface area contributed by atoms with Crippen molar-refractivity contribution in [3.8, 4) is 0 Å². The minimum absolute atomic E-state index is 0.255. The summed E-state index contributed by atoms with van der Waals surface area (Å²) in [6.07, 6.45) is 0.818. The molecule has 0 unspecified atom stereocenters. The van der Waals surface area contributed by atoms with Crippen LogP contribution in [0.1, 0.15) is 15.9 Å². The van der Waals surface area contributed by atoms with Crippen molar-refractivity contribution in [2.45, 2.75) is 11.8 Å². The van der Waals surface area contributed by atoms with Gasteiger partial charge < -0.3 is 10.1 Å². The summed E-state index contributed by atoms with van der Waals surface area (Å²) in [4.78, 5) is 33.9. The van der Waals surface area contributed by atoms with E-state index in [9.17, 15) is 28.1 Å². The van der Waals surface area contributed by atoms with Gasteiger partial charge in [-0.25, -0.2) is 13.2 Å². The molecule has 0 aliphatic carbocycles. The van der Waals surface area contributed by atoms with Crippen molar-refractivity contribution in [3.63, 3.8) is 0 Å². The molecule has 0 aromatic heterocycles. The summed E-state index contributed by atoms with van der Waals surface area (Å²) in [5.74, 6) is -1.64. The van der Waals surface area contributed by atoms with Gasteiger partial charge in [-0.3, -0.25) is 14.9 Å². The Balaban J connectivity index is 2.12. The fourth-order valence-corrected chi connectivity index (χ4v) is 4.75. The maximum atomic E-state index is 12.1. The Morgan fingerprint density at radius 1 is 1.17 bits per heavy atom. The minimum atomic E-state index is -3.86. The first-order chi connectivity index (χ1) is 13.4. The number of hydrogen-bond donors (Lipinski definition) is 1. The van der Waals surface area contributed by atoms with Crippen LogP contribution in [-0.2, 0) is 19.4 Å². The van der Waals surface area contributed by atoms with Gasteiger partial charge in [0.1, 0.15) is 4.90 Å². The highest BCUT2D eigenvalue weighted by molar-refractivity contribution is 9.11. The molecule has 0 fully saturated rings. The van der Waals surface area contributed by atoms with E-state index in [0.717, 1.165) is 30.0 Å². The molecular formula is C17H14Br2N2O7S. The first-order valence-corrected chi connectivity index (χ1v) is 11.3. The first kappa shape index (κ1) is 23.0. The maximum Gasteiger partial charge on any atom is 0.338 e. The number of rotatable bonds is 6. The average molecular weight is 550 g/mol. The standard InChI is InChI=1S/C17H14Br2N2O7S/c1-9-5-11(18)16(12(19)6-9)20-15(22)8-28-17(23)10-3-4-14(29(2,26)27)13(7-10)21(24)25/h3-7H,8H2,1-2H3,(H,20,22). The lowest BCUT2D eigenvalue weighted by molar-refractivity contribution is -0.387. The summed E-state index contributed by atoms with van der Waals surface area (Å²) < 4.78 is 29.4. The number of ether oxygens (including phenoxy) is 1. The van der Waals surface area contributed by atoms with Gasteiger partial charge in [0, 0.05) is 21.3 Å². The Kier molecular flexibility index (Phi) is 7.14. The van der Waals surface area contributed by atoms with Gasteiger partial charge in [0.15, 0.2) is 16.4 Å². The Bertz CT molecular complexity index is 1090. The number of sulfone groups is 1. The number of carbonyl (C=O) groups is 2.